The molecule has 1 fully saturated rings. The van der Waals surface area contributed by atoms with Gasteiger partial charge in [0, 0.05) is 37.6 Å². The largest absolute Gasteiger partial charge is 0.357 e. The van der Waals surface area contributed by atoms with Crippen LogP contribution in [0.25, 0.3) is 0 Å². The van der Waals surface area contributed by atoms with Gasteiger partial charge in [-0.3, -0.25) is 4.79 Å². The summed E-state index contributed by atoms with van der Waals surface area (Å²) in [5.41, 5.74) is 3.52. The number of nitrogens with one attached hydrogen (secondary N) is 2. The summed E-state index contributed by atoms with van der Waals surface area (Å²) in [5.74, 6) is 1.04. The van der Waals surface area contributed by atoms with Crippen molar-refractivity contribution in [1.29, 1.82) is 0 Å². The number of rotatable bonds is 8. The first-order chi connectivity index (χ1) is 14.2. The highest BCUT2D eigenvalue weighted by Crippen LogP contribution is 2.18. The van der Waals surface area contributed by atoms with Crippen molar-refractivity contribution in [2.45, 2.75) is 39.3 Å². The standard InChI is InChI=1S/C23H29ClN4O/c1-2-25-23(26-13-12-18-7-5-10-21(24)15-18)27-16-19-8-3-4-9-20(19)17-28-14-6-11-22(28)29/h3-5,7-10,15H,2,6,11-14,16-17H2,1H3,(H2,25,26,27). The Hall–Kier alpha value is -2.53. The van der Waals surface area contributed by atoms with Gasteiger partial charge in [-0.15, -0.1) is 0 Å². The second-order valence-electron chi connectivity index (χ2n) is 7.19. The smallest absolute Gasteiger partial charge is 0.222 e. The van der Waals surface area contributed by atoms with Crippen molar-refractivity contribution < 1.29 is 4.79 Å². The Kier molecular flexibility index (Phi) is 7.94. The van der Waals surface area contributed by atoms with E-state index < -0.39 is 0 Å². The van der Waals surface area contributed by atoms with Crippen LogP contribution in [-0.4, -0.2) is 36.4 Å². The second-order valence-corrected chi connectivity index (χ2v) is 7.63. The molecule has 1 amide bonds. The minimum atomic E-state index is 0.249. The lowest BCUT2D eigenvalue weighted by Gasteiger charge is -2.18. The Morgan fingerprint density at radius 2 is 1.97 bits per heavy atom. The summed E-state index contributed by atoms with van der Waals surface area (Å²) in [6.07, 6.45) is 2.50. The summed E-state index contributed by atoms with van der Waals surface area (Å²) in [6, 6.07) is 16.2. The first-order valence-electron chi connectivity index (χ1n) is 10.3. The fourth-order valence-corrected chi connectivity index (χ4v) is 3.68. The number of hydrogen-bond donors (Lipinski definition) is 2. The van der Waals surface area contributed by atoms with E-state index in [-0.39, 0.29) is 5.91 Å². The van der Waals surface area contributed by atoms with E-state index in [2.05, 4.69) is 35.8 Å². The average Bonchev–Trinajstić information content (AvgIpc) is 3.12. The van der Waals surface area contributed by atoms with Crippen molar-refractivity contribution in [3.8, 4) is 0 Å². The minimum absolute atomic E-state index is 0.249. The van der Waals surface area contributed by atoms with Crippen molar-refractivity contribution in [2.24, 2.45) is 4.99 Å². The lowest BCUT2D eigenvalue weighted by atomic mass is 10.1. The number of nitrogens with zero attached hydrogens (tertiary/aromatic N) is 2. The highest BCUT2D eigenvalue weighted by atomic mass is 35.5. The van der Waals surface area contributed by atoms with Crippen LogP contribution in [0.1, 0.15) is 36.5 Å². The molecule has 5 nitrogen and oxygen atoms in total. The number of hydrogen-bond acceptors (Lipinski definition) is 2. The van der Waals surface area contributed by atoms with Crippen LogP contribution in [0.3, 0.4) is 0 Å². The van der Waals surface area contributed by atoms with Gasteiger partial charge in [0.15, 0.2) is 5.96 Å². The molecule has 2 aromatic rings. The second kappa shape index (κ2) is 10.9. The number of likely N-dealkylation sites (tertiary alicyclic amines) is 1. The molecule has 154 valence electrons. The van der Waals surface area contributed by atoms with Gasteiger partial charge in [0.05, 0.1) is 6.54 Å². The van der Waals surface area contributed by atoms with Crippen molar-refractivity contribution in [3.63, 3.8) is 0 Å². The topological polar surface area (TPSA) is 56.7 Å². The van der Waals surface area contributed by atoms with E-state index in [1.165, 1.54) is 11.1 Å². The minimum Gasteiger partial charge on any atom is -0.357 e. The lowest BCUT2D eigenvalue weighted by molar-refractivity contribution is -0.128. The van der Waals surface area contributed by atoms with Crippen LogP contribution in [-0.2, 0) is 24.3 Å². The molecule has 6 heteroatoms. The van der Waals surface area contributed by atoms with Crippen molar-refractivity contribution >= 4 is 23.5 Å². The summed E-state index contributed by atoms with van der Waals surface area (Å²) in [7, 11) is 0. The zero-order chi connectivity index (χ0) is 20.5. The quantitative estimate of drug-likeness (QED) is 0.512. The molecule has 0 aliphatic carbocycles. The molecule has 0 saturated carbocycles. The van der Waals surface area contributed by atoms with E-state index in [0.29, 0.717) is 19.5 Å². The SMILES string of the molecule is CCNC(=NCc1ccccc1CN1CCCC1=O)NCCc1cccc(Cl)c1. The highest BCUT2D eigenvalue weighted by molar-refractivity contribution is 6.30. The van der Waals surface area contributed by atoms with Crippen LogP contribution in [0.4, 0.5) is 0 Å². The number of aliphatic imine (C=N–C) groups is 1. The molecular formula is C23H29ClN4O. The van der Waals surface area contributed by atoms with E-state index >= 15 is 0 Å². The average molecular weight is 413 g/mol. The predicted octanol–water partition coefficient (Wildman–Crippen LogP) is 3.76. The van der Waals surface area contributed by atoms with Gasteiger partial charge in [-0.2, -0.15) is 0 Å². The number of guanidine groups is 1. The van der Waals surface area contributed by atoms with Crippen LogP contribution in [0.2, 0.25) is 5.02 Å². The zero-order valence-electron chi connectivity index (χ0n) is 17.0. The van der Waals surface area contributed by atoms with Gasteiger partial charge in [-0.25, -0.2) is 4.99 Å². The molecule has 1 aliphatic heterocycles. The van der Waals surface area contributed by atoms with Crippen LogP contribution in [0.15, 0.2) is 53.5 Å². The van der Waals surface area contributed by atoms with E-state index in [9.17, 15) is 4.79 Å². The van der Waals surface area contributed by atoms with Crippen LogP contribution < -0.4 is 10.6 Å². The molecule has 2 N–H and O–H groups in total. The Morgan fingerprint density at radius 3 is 2.69 bits per heavy atom. The van der Waals surface area contributed by atoms with Gasteiger partial charge in [0.25, 0.3) is 0 Å². The summed E-state index contributed by atoms with van der Waals surface area (Å²) < 4.78 is 0. The summed E-state index contributed by atoms with van der Waals surface area (Å²) in [6.45, 7) is 5.72. The molecule has 0 radical (unpaired) electrons. The van der Waals surface area contributed by atoms with Gasteiger partial charge in [-0.05, 0) is 48.6 Å². The summed E-state index contributed by atoms with van der Waals surface area (Å²) in [4.78, 5) is 18.7. The molecule has 1 heterocycles. The number of halogens is 1. The van der Waals surface area contributed by atoms with Crippen molar-refractivity contribution in [3.05, 3.63) is 70.2 Å². The third-order valence-electron chi connectivity index (χ3n) is 5.00. The maximum Gasteiger partial charge on any atom is 0.222 e. The third kappa shape index (κ3) is 6.50. The monoisotopic (exact) mass is 412 g/mol. The first-order valence-corrected chi connectivity index (χ1v) is 10.6. The van der Waals surface area contributed by atoms with Crippen molar-refractivity contribution in [2.75, 3.05) is 19.6 Å². The van der Waals surface area contributed by atoms with E-state index in [1.807, 2.05) is 35.2 Å². The first kappa shape index (κ1) is 21.2. The molecule has 0 aromatic heterocycles. The van der Waals surface area contributed by atoms with E-state index in [1.54, 1.807) is 0 Å². The normalized spacial score (nSPS) is 14.3. The predicted molar refractivity (Wildman–Crippen MR) is 119 cm³/mol. The van der Waals surface area contributed by atoms with Crippen LogP contribution in [0.5, 0.6) is 0 Å². The Bertz CT molecular complexity index is 852. The number of benzene rings is 2. The van der Waals surface area contributed by atoms with Crippen molar-refractivity contribution in [1.82, 2.24) is 15.5 Å². The van der Waals surface area contributed by atoms with Gasteiger partial charge in [-0.1, -0.05) is 48.0 Å². The summed E-state index contributed by atoms with van der Waals surface area (Å²) >= 11 is 6.06. The highest BCUT2D eigenvalue weighted by Gasteiger charge is 2.20. The van der Waals surface area contributed by atoms with Crippen LogP contribution in [0, 0.1) is 0 Å². The molecule has 29 heavy (non-hydrogen) atoms. The number of amides is 1. The van der Waals surface area contributed by atoms with Gasteiger partial charge in [0.2, 0.25) is 5.91 Å². The number of carbonyl (C=O) groups is 1. The van der Waals surface area contributed by atoms with E-state index in [0.717, 1.165) is 49.0 Å². The molecule has 1 saturated heterocycles. The third-order valence-corrected chi connectivity index (χ3v) is 5.23. The molecule has 0 unspecified atom stereocenters. The van der Waals surface area contributed by atoms with Gasteiger partial charge in [0.1, 0.15) is 0 Å². The lowest BCUT2D eigenvalue weighted by Crippen LogP contribution is -2.38. The molecule has 0 spiro atoms. The fourth-order valence-electron chi connectivity index (χ4n) is 3.47. The number of carbonyl (C=O) groups excluding carboxylic acids is 1. The van der Waals surface area contributed by atoms with E-state index in [4.69, 9.17) is 16.6 Å². The Labute approximate surface area is 178 Å². The molecule has 1 aliphatic rings. The Morgan fingerprint density at radius 1 is 1.14 bits per heavy atom. The molecule has 2 aromatic carbocycles. The van der Waals surface area contributed by atoms with Crippen LogP contribution >= 0.6 is 11.6 Å². The fraction of sp³-hybridized carbons (Fsp3) is 0.391. The maximum atomic E-state index is 12.0. The molecule has 0 bridgehead atoms. The molecular weight excluding hydrogens is 384 g/mol. The summed E-state index contributed by atoms with van der Waals surface area (Å²) in [5, 5.41) is 7.45. The molecule has 0 atom stereocenters. The maximum absolute atomic E-state index is 12.0. The van der Waals surface area contributed by atoms with Gasteiger partial charge < -0.3 is 15.5 Å². The molecule has 3 rings (SSSR count). The Balaban J connectivity index is 1.60. The van der Waals surface area contributed by atoms with Gasteiger partial charge >= 0.3 is 0 Å². The zero-order valence-corrected chi connectivity index (χ0v) is 17.7.